The second kappa shape index (κ2) is 8.55. The van der Waals surface area contributed by atoms with Crippen LogP contribution >= 0.6 is 0 Å². The molecule has 23 heavy (non-hydrogen) atoms. The van der Waals surface area contributed by atoms with Gasteiger partial charge in [0.15, 0.2) is 0 Å². The number of benzene rings is 1. The predicted octanol–water partition coefficient (Wildman–Crippen LogP) is 1.92. The summed E-state index contributed by atoms with van der Waals surface area (Å²) in [4.78, 5) is 23.8. The monoisotopic (exact) mass is 313 g/mol. The minimum atomic E-state index is -0.234. The van der Waals surface area contributed by atoms with Crippen LogP contribution in [0.3, 0.4) is 0 Å². The molecule has 6 nitrogen and oxygen atoms in total. The number of carbonyl (C=O) groups excluding carboxylic acids is 2. The molecule has 0 aliphatic rings. The standard InChI is InChI=1S/C17H19N3O3/c1-2-8-18-12-16(21)20-14-6-3-5-13(10-14)17(22)19-11-15-7-4-9-23-15/h2-7,9-10,18H,1,8,11-12H2,(H,19,22)(H,20,21). The molecule has 0 radical (unpaired) electrons. The molecule has 0 bridgehead atoms. The van der Waals surface area contributed by atoms with Crippen LogP contribution in [0.1, 0.15) is 16.1 Å². The van der Waals surface area contributed by atoms with Crippen molar-refractivity contribution in [3.8, 4) is 0 Å². The first-order valence-corrected chi connectivity index (χ1v) is 7.21. The van der Waals surface area contributed by atoms with E-state index in [9.17, 15) is 9.59 Å². The Bertz CT molecular complexity index is 665. The fraction of sp³-hybridized carbons (Fsp3) is 0.176. The van der Waals surface area contributed by atoms with Crippen LogP contribution < -0.4 is 16.0 Å². The lowest BCUT2D eigenvalue weighted by molar-refractivity contribution is -0.115. The second-order valence-electron chi connectivity index (χ2n) is 4.81. The van der Waals surface area contributed by atoms with Crippen molar-refractivity contribution >= 4 is 17.5 Å². The minimum Gasteiger partial charge on any atom is -0.467 e. The average Bonchev–Trinajstić information content (AvgIpc) is 3.06. The van der Waals surface area contributed by atoms with Crippen LogP contribution in [0.25, 0.3) is 0 Å². The zero-order chi connectivity index (χ0) is 16.5. The number of anilines is 1. The van der Waals surface area contributed by atoms with E-state index in [1.54, 1.807) is 48.7 Å². The number of hydrogen-bond donors (Lipinski definition) is 3. The van der Waals surface area contributed by atoms with Gasteiger partial charge in [-0.05, 0) is 30.3 Å². The predicted molar refractivity (Wildman–Crippen MR) is 88.0 cm³/mol. The summed E-state index contributed by atoms with van der Waals surface area (Å²) in [5, 5.41) is 8.40. The SMILES string of the molecule is C=CCNCC(=O)Nc1cccc(C(=O)NCc2ccco2)c1. The molecular weight excluding hydrogens is 294 g/mol. The summed E-state index contributed by atoms with van der Waals surface area (Å²) in [6.45, 7) is 4.62. The maximum atomic E-state index is 12.1. The van der Waals surface area contributed by atoms with Crippen molar-refractivity contribution in [2.24, 2.45) is 0 Å². The first-order valence-electron chi connectivity index (χ1n) is 7.21. The molecule has 2 rings (SSSR count). The molecule has 1 aromatic heterocycles. The Balaban J connectivity index is 1.89. The van der Waals surface area contributed by atoms with Crippen LogP contribution in [0.4, 0.5) is 5.69 Å². The van der Waals surface area contributed by atoms with Crippen LogP contribution in [0.2, 0.25) is 0 Å². The molecule has 0 saturated carbocycles. The van der Waals surface area contributed by atoms with E-state index in [-0.39, 0.29) is 18.4 Å². The van der Waals surface area contributed by atoms with Gasteiger partial charge in [0, 0.05) is 17.8 Å². The topological polar surface area (TPSA) is 83.4 Å². The molecule has 1 heterocycles. The highest BCUT2D eigenvalue weighted by Gasteiger charge is 2.08. The van der Waals surface area contributed by atoms with Gasteiger partial charge in [-0.3, -0.25) is 9.59 Å². The highest BCUT2D eigenvalue weighted by Crippen LogP contribution is 2.11. The van der Waals surface area contributed by atoms with Gasteiger partial charge in [-0.1, -0.05) is 12.1 Å². The van der Waals surface area contributed by atoms with E-state index < -0.39 is 0 Å². The quantitative estimate of drug-likeness (QED) is 0.513. The highest BCUT2D eigenvalue weighted by atomic mass is 16.3. The van der Waals surface area contributed by atoms with Crippen LogP contribution in [0, 0.1) is 0 Å². The molecule has 3 N–H and O–H groups in total. The van der Waals surface area contributed by atoms with E-state index >= 15 is 0 Å². The third-order valence-electron chi connectivity index (χ3n) is 2.99. The van der Waals surface area contributed by atoms with Crippen LogP contribution in [0.5, 0.6) is 0 Å². The lowest BCUT2D eigenvalue weighted by Crippen LogP contribution is -2.28. The molecule has 1 aromatic carbocycles. The molecule has 6 heteroatoms. The average molecular weight is 313 g/mol. The lowest BCUT2D eigenvalue weighted by Gasteiger charge is -2.08. The van der Waals surface area contributed by atoms with E-state index in [0.29, 0.717) is 30.1 Å². The fourth-order valence-corrected chi connectivity index (χ4v) is 1.91. The maximum Gasteiger partial charge on any atom is 0.251 e. The van der Waals surface area contributed by atoms with Gasteiger partial charge in [0.05, 0.1) is 19.4 Å². The fourth-order valence-electron chi connectivity index (χ4n) is 1.91. The number of amides is 2. The minimum absolute atomic E-state index is 0.181. The molecule has 0 aliphatic carbocycles. The molecule has 0 atom stereocenters. The molecule has 0 saturated heterocycles. The Kier molecular flexibility index (Phi) is 6.14. The van der Waals surface area contributed by atoms with Gasteiger partial charge in [0.25, 0.3) is 5.91 Å². The Morgan fingerprint density at radius 3 is 2.83 bits per heavy atom. The third-order valence-corrected chi connectivity index (χ3v) is 2.99. The molecular formula is C17H19N3O3. The molecule has 0 spiro atoms. The molecule has 2 amide bonds. The molecule has 0 unspecified atom stereocenters. The van der Waals surface area contributed by atoms with Crippen molar-refractivity contribution in [2.45, 2.75) is 6.54 Å². The Labute approximate surface area is 134 Å². The van der Waals surface area contributed by atoms with Crippen molar-refractivity contribution in [1.29, 1.82) is 0 Å². The van der Waals surface area contributed by atoms with E-state index in [1.165, 1.54) is 0 Å². The first-order chi connectivity index (χ1) is 11.2. The van der Waals surface area contributed by atoms with E-state index in [2.05, 4.69) is 22.5 Å². The summed E-state index contributed by atoms with van der Waals surface area (Å²) >= 11 is 0. The van der Waals surface area contributed by atoms with Gasteiger partial charge in [0.2, 0.25) is 5.91 Å². The van der Waals surface area contributed by atoms with Gasteiger partial charge in [-0.2, -0.15) is 0 Å². The zero-order valence-electron chi connectivity index (χ0n) is 12.7. The molecule has 2 aromatic rings. The van der Waals surface area contributed by atoms with Crippen LogP contribution in [-0.2, 0) is 11.3 Å². The van der Waals surface area contributed by atoms with E-state index in [1.807, 2.05) is 0 Å². The van der Waals surface area contributed by atoms with Gasteiger partial charge >= 0.3 is 0 Å². The maximum absolute atomic E-state index is 12.1. The van der Waals surface area contributed by atoms with Gasteiger partial charge in [0.1, 0.15) is 5.76 Å². The Morgan fingerprint density at radius 2 is 2.09 bits per heavy atom. The Hall–Kier alpha value is -2.86. The molecule has 0 aliphatic heterocycles. The largest absolute Gasteiger partial charge is 0.467 e. The summed E-state index contributed by atoms with van der Waals surface area (Å²) in [5.74, 6) is 0.262. The van der Waals surface area contributed by atoms with Crippen molar-refractivity contribution in [3.05, 3.63) is 66.6 Å². The zero-order valence-corrected chi connectivity index (χ0v) is 12.7. The summed E-state index contributed by atoms with van der Waals surface area (Å²) in [6, 6.07) is 10.3. The summed E-state index contributed by atoms with van der Waals surface area (Å²) in [7, 11) is 0. The number of furan rings is 1. The summed E-state index contributed by atoms with van der Waals surface area (Å²) in [6.07, 6.45) is 3.23. The van der Waals surface area contributed by atoms with Crippen molar-refractivity contribution < 1.29 is 14.0 Å². The van der Waals surface area contributed by atoms with Gasteiger partial charge in [-0.25, -0.2) is 0 Å². The van der Waals surface area contributed by atoms with Crippen molar-refractivity contribution in [3.63, 3.8) is 0 Å². The first kappa shape index (κ1) is 16.5. The number of nitrogens with one attached hydrogen (secondary N) is 3. The lowest BCUT2D eigenvalue weighted by atomic mass is 10.2. The second-order valence-corrected chi connectivity index (χ2v) is 4.81. The molecule has 0 fully saturated rings. The van der Waals surface area contributed by atoms with E-state index in [0.717, 1.165) is 0 Å². The Morgan fingerprint density at radius 1 is 1.22 bits per heavy atom. The van der Waals surface area contributed by atoms with Crippen molar-refractivity contribution in [2.75, 3.05) is 18.4 Å². The number of carbonyl (C=O) groups is 2. The van der Waals surface area contributed by atoms with Crippen molar-refractivity contribution in [1.82, 2.24) is 10.6 Å². The van der Waals surface area contributed by atoms with E-state index in [4.69, 9.17) is 4.42 Å². The smallest absolute Gasteiger partial charge is 0.251 e. The normalized spacial score (nSPS) is 10.1. The van der Waals surface area contributed by atoms with Crippen LogP contribution in [0.15, 0.2) is 59.7 Å². The van der Waals surface area contributed by atoms with Crippen LogP contribution in [-0.4, -0.2) is 24.9 Å². The van der Waals surface area contributed by atoms with Gasteiger partial charge in [-0.15, -0.1) is 6.58 Å². The molecule has 120 valence electrons. The summed E-state index contributed by atoms with van der Waals surface area (Å²) < 4.78 is 5.16. The summed E-state index contributed by atoms with van der Waals surface area (Å²) in [5.41, 5.74) is 1.04. The number of hydrogen-bond acceptors (Lipinski definition) is 4. The third kappa shape index (κ3) is 5.44. The number of rotatable bonds is 8. The van der Waals surface area contributed by atoms with Gasteiger partial charge < -0.3 is 20.4 Å². The highest BCUT2D eigenvalue weighted by molar-refractivity contribution is 5.97.